The second-order valence-corrected chi connectivity index (χ2v) is 7.29. The molecule has 2 aromatic carbocycles. The summed E-state index contributed by atoms with van der Waals surface area (Å²) in [4.78, 5) is 35.6. The number of hydrogen-bond acceptors (Lipinski definition) is 7. The molecule has 1 heterocycles. The van der Waals surface area contributed by atoms with Gasteiger partial charge in [0, 0.05) is 17.7 Å². The number of fused-ring (bicyclic) bond motifs is 2. The largest absolute Gasteiger partial charge is 0.460 e. The number of nitrogens with one attached hydrogen (secondary N) is 1. The van der Waals surface area contributed by atoms with Crippen LogP contribution in [0.1, 0.15) is 27.7 Å². The Balaban J connectivity index is 1.91. The summed E-state index contributed by atoms with van der Waals surface area (Å²) in [6.45, 7) is 6.07. The Morgan fingerprint density at radius 2 is 1.62 bits per heavy atom. The molecule has 0 saturated heterocycles. The van der Waals surface area contributed by atoms with Crippen LogP contribution in [0.3, 0.4) is 0 Å². The summed E-state index contributed by atoms with van der Waals surface area (Å²) in [5, 5.41) is 3.93. The molecule has 0 atom stereocenters. The van der Waals surface area contributed by atoms with Crippen LogP contribution >= 0.6 is 0 Å². The SMILES string of the molecule is CC(=O)Oc1c2ccccc2c(OC(=O)CNC(=O)OC(C)(C)C)c2ccoc12. The Labute approximate surface area is 166 Å². The van der Waals surface area contributed by atoms with Crippen LogP contribution in [-0.2, 0) is 14.3 Å². The zero-order valence-electron chi connectivity index (χ0n) is 16.5. The lowest BCUT2D eigenvalue weighted by Gasteiger charge is -2.19. The van der Waals surface area contributed by atoms with Crippen molar-refractivity contribution in [2.24, 2.45) is 0 Å². The minimum absolute atomic E-state index is 0.247. The number of esters is 2. The van der Waals surface area contributed by atoms with Crippen molar-refractivity contribution < 1.29 is 33.0 Å². The summed E-state index contributed by atoms with van der Waals surface area (Å²) < 4.78 is 21.4. The van der Waals surface area contributed by atoms with Gasteiger partial charge in [-0.3, -0.25) is 4.79 Å². The van der Waals surface area contributed by atoms with Gasteiger partial charge in [0.05, 0.1) is 11.6 Å². The summed E-state index contributed by atoms with van der Waals surface area (Å²) in [6, 6.07) is 8.60. The van der Waals surface area contributed by atoms with Gasteiger partial charge in [0.1, 0.15) is 17.9 Å². The number of furan rings is 1. The van der Waals surface area contributed by atoms with Crippen molar-refractivity contribution >= 4 is 39.8 Å². The average Bonchev–Trinajstić information content (AvgIpc) is 3.10. The highest BCUT2D eigenvalue weighted by Crippen LogP contribution is 2.43. The summed E-state index contributed by atoms with van der Waals surface area (Å²) in [7, 11) is 0. The fourth-order valence-corrected chi connectivity index (χ4v) is 2.77. The number of carbonyl (C=O) groups excluding carboxylic acids is 3. The summed E-state index contributed by atoms with van der Waals surface area (Å²) in [5.74, 6) is -0.695. The van der Waals surface area contributed by atoms with Gasteiger partial charge in [0.2, 0.25) is 0 Å². The Morgan fingerprint density at radius 1 is 0.966 bits per heavy atom. The van der Waals surface area contributed by atoms with E-state index in [1.165, 1.54) is 13.2 Å². The molecule has 3 aromatic rings. The maximum absolute atomic E-state index is 12.3. The highest BCUT2D eigenvalue weighted by molar-refractivity contribution is 6.10. The molecule has 29 heavy (non-hydrogen) atoms. The van der Waals surface area contributed by atoms with Crippen LogP contribution in [0.25, 0.3) is 21.7 Å². The fraction of sp³-hybridized carbons (Fsp3) is 0.286. The van der Waals surface area contributed by atoms with Crippen LogP contribution in [0.5, 0.6) is 11.5 Å². The fourth-order valence-electron chi connectivity index (χ4n) is 2.77. The molecule has 3 rings (SSSR count). The maximum atomic E-state index is 12.3. The standard InChI is InChI=1S/C21H21NO7/c1-12(23)27-19-14-8-6-5-7-13(14)17(15-9-10-26-18(15)19)28-16(24)11-22-20(25)29-21(2,3)4/h5-10H,11H2,1-4H3,(H,22,25). The van der Waals surface area contributed by atoms with Crippen molar-refractivity contribution in [3.8, 4) is 11.5 Å². The molecular formula is C21H21NO7. The molecule has 0 spiro atoms. The third-order valence-corrected chi connectivity index (χ3v) is 3.77. The second-order valence-electron chi connectivity index (χ2n) is 7.29. The van der Waals surface area contributed by atoms with E-state index in [4.69, 9.17) is 18.6 Å². The van der Waals surface area contributed by atoms with Crippen LogP contribution in [0.2, 0.25) is 0 Å². The molecule has 0 saturated carbocycles. The second kappa shape index (κ2) is 7.83. The Kier molecular flexibility index (Phi) is 5.45. The van der Waals surface area contributed by atoms with Gasteiger partial charge in [-0.25, -0.2) is 9.59 Å². The lowest BCUT2D eigenvalue weighted by molar-refractivity contribution is -0.133. The van der Waals surface area contributed by atoms with Crippen LogP contribution in [-0.4, -0.2) is 30.2 Å². The third-order valence-electron chi connectivity index (χ3n) is 3.77. The third kappa shape index (κ3) is 4.66. The van der Waals surface area contributed by atoms with Crippen LogP contribution in [0, 0.1) is 0 Å². The van der Waals surface area contributed by atoms with Gasteiger partial charge in [-0.05, 0) is 26.8 Å². The normalized spacial score (nSPS) is 11.3. The first-order valence-electron chi connectivity index (χ1n) is 8.93. The molecule has 8 nitrogen and oxygen atoms in total. The van der Waals surface area contributed by atoms with Gasteiger partial charge in [-0.1, -0.05) is 24.3 Å². The number of ether oxygens (including phenoxy) is 3. The zero-order chi connectivity index (χ0) is 21.2. The van der Waals surface area contributed by atoms with E-state index in [9.17, 15) is 14.4 Å². The predicted molar refractivity (Wildman–Crippen MR) is 105 cm³/mol. The van der Waals surface area contributed by atoms with Crippen molar-refractivity contribution in [3.05, 3.63) is 36.6 Å². The monoisotopic (exact) mass is 399 g/mol. The van der Waals surface area contributed by atoms with E-state index < -0.39 is 23.6 Å². The molecule has 0 unspecified atom stereocenters. The highest BCUT2D eigenvalue weighted by atomic mass is 16.6. The van der Waals surface area contributed by atoms with Gasteiger partial charge in [-0.2, -0.15) is 0 Å². The topological polar surface area (TPSA) is 104 Å². The van der Waals surface area contributed by atoms with Crippen LogP contribution < -0.4 is 14.8 Å². The maximum Gasteiger partial charge on any atom is 0.408 e. The van der Waals surface area contributed by atoms with Gasteiger partial charge in [0.15, 0.2) is 11.3 Å². The average molecular weight is 399 g/mol. The Morgan fingerprint density at radius 3 is 2.24 bits per heavy atom. The predicted octanol–water partition coefficient (Wildman–Crippen LogP) is 3.94. The molecule has 0 aliphatic rings. The van der Waals surface area contributed by atoms with Crippen molar-refractivity contribution in [2.45, 2.75) is 33.3 Å². The van der Waals surface area contributed by atoms with E-state index in [0.717, 1.165) is 0 Å². The van der Waals surface area contributed by atoms with Crippen LogP contribution in [0.15, 0.2) is 41.0 Å². The van der Waals surface area contributed by atoms with Crippen molar-refractivity contribution in [1.29, 1.82) is 0 Å². The van der Waals surface area contributed by atoms with E-state index in [1.54, 1.807) is 51.1 Å². The molecule has 152 valence electrons. The lowest BCUT2D eigenvalue weighted by Crippen LogP contribution is -2.36. The first kappa shape index (κ1) is 20.2. The minimum Gasteiger partial charge on any atom is -0.460 e. The van der Waals surface area contributed by atoms with Gasteiger partial charge < -0.3 is 23.9 Å². The molecule has 0 aliphatic carbocycles. The number of hydrogen-bond donors (Lipinski definition) is 1. The van der Waals surface area contributed by atoms with Crippen molar-refractivity contribution in [2.75, 3.05) is 6.54 Å². The molecule has 0 aliphatic heterocycles. The summed E-state index contributed by atoms with van der Waals surface area (Å²) in [5.41, 5.74) is -0.401. The van der Waals surface area contributed by atoms with E-state index in [2.05, 4.69) is 5.32 Å². The summed E-state index contributed by atoms with van der Waals surface area (Å²) in [6.07, 6.45) is 0.685. The first-order chi connectivity index (χ1) is 13.7. The Bertz CT molecular complexity index is 1090. The summed E-state index contributed by atoms with van der Waals surface area (Å²) >= 11 is 0. The lowest BCUT2D eigenvalue weighted by atomic mass is 10.1. The van der Waals surface area contributed by atoms with E-state index >= 15 is 0 Å². The molecule has 1 amide bonds. The van der Waals surface area contributed by atoms with Gasteiger partial charge in [-0.15, -0.1) is 0 Å². The molecule has 0 bridgehead atoms. The molecule has 0 radical (unpaired) electrons. The molecule has 8 heteroatoms. The molecule has 0 fully saturated rings. The number of rotatable bonds is 4. The Hall–Kier alpha value is -3.55. The van der Waals surface area contributed by atoms with Crippen molar-refractivity contribution in [1.82, 2.24) is 5.32 Å². The minimum atomic E-state index is -0.724. The van der Waals surface area contributed by atoms with Gasteiger partial charge >= 0.3 is 18.0 Å². The smallest absolute Gasteiger partial charge is 0.408 e. The number of amides is 1. The van der Waals surface area contributed by atoms with Crippen LogP contribution in [0.4, 0.5) is 4.79 Å². The first-order valence-corrected chi connectivity index (χ1v) is 8.93. The molecular weight excluding hydrogens is 378 g/mol. The van der Waals surface area contributed by atoms with E-state index in [0.29, 0.717) is 16.2 Å². The quantitative estimate of drug-likeness (QED) is 0.523. The zero-order valence-corrected chi connectivity index (χ0v) is 16.5. The number of carbonyl (C=O) groups is 3. The van der Waals surface area contributed by atoms with Crippen molar-refractivity contribution in [3.63, 3.8) is 0 Å². The van der Waals surface area contributed by atoms with E-state index in [1.807, 2.05) is 0 Å². The highest BCUT2D eigenvalue weighted by Gasteiger charge is 2.22. The van der Waals surface area contributed by atoms with Gasteiger partial charge in [0.25, 0.3) is 0 Å². The number of benzene rings is 2. The van der Waals surface area contributed by atoms with E-state index in [-0.39, 0.29) is 23.6 Å². The molecule has 1 N–H and O–H groups in total. The molecule has 1 aromatic heterocycles. The number of alkyl carbamates (subject to hydrolysis) is 1.